The molecule has 0 aliphatic carbocycles. The van der Waals surface area contributed by atoms with E-state index < -0.39 is 8.80 Å². The first-order valence-electron chi connectivity index (χ1n) is 9.36. The zero-order valence-electron chi connectivity index (χ0n) is 14.8. The second-order valence-corrected chi connectivity index (χ2v) is 9.41. The molecule has 1 radical (unpaired) electrons. The normalized spacial score (nSPS) is 14.2. The standard InChI is InChI=1S/C26H17Si/c1-2-7-19-13-22-16-24-17-25-20(8-5-9-26(25)27-10-3-4-11-27)14-23(24)15-21(22)12-18(19)6-1/h1-17H. The van der Waals surface area contributed by atoms with Gasteiger partial charge in [-0.05, 0) is 84.7 Å². The van der Waals surface area contributed by atoms with Crippen LogP contribution in [0.15, 0.2) is 102 Å². The zero-order valence-corrected chi connectivity index (χ0v) is 15.8. The highest BCUT2D eigenvalue weighted by molar-refractivity contribution is 6.84. The van der Waals surface area contributed by atoms with Gasteiger partial charge in [-0.3, -0.25) is 0 Å². The van der Waals surface area contributed by atoms with Crippen molar-refractivity contribution in [2.75, 3.05) is 0 Å². The lowest BCUT2D eigenvalue weighted by Gasteiger charge is -2.11. The minimum atomic E-state index is -0.714. The first-order chi connectivity index (χ1) is 13.3. The Labute approximate surface area is 159 Å². The summed E-state index contributed by atoms with van der Waals surface area (Å²) in [6.07, 6.45) is 4.37. The van der Waals surface area contributed by atoms with Crippen molar-refractivity contribution in [3.63, 3.8) is 0 Å². The molecule has 0 unspecified atom stereocenters. The summed E-state index contributed by atoms with van der Waals surface area (Å²) < 4.78 is 0. The van der Waals surface area contributed by atoms with E-state index in [1.165, 1.54) is 48.3 Å². The number of allylic oxidation sites excluding steroid dienone is 2. The van der Waals surface area contributed by atoms with E-state index >= 15 is 0 Å². The van der Waals surface area contributed by atoms with E-state index in [4.69, 9.17) is 0 Å². The molecule has 0 atom stereocenters. The molecule has 5 aromatic rings. The van der Waals surface area contributed by atoms with Crippen molar-refractivity contribution in [1.29, 1.82) is 0 Å². The topological polar surface area (TPSA) is 0 Å². The van der Waals surface area contributed by atoms with Crippen LogP contribution < -0.4 is 5.19 Å². The van der Waals surface area contributed by atoms with Gasteiger partial charge in [0.25, 0.3) is 0 Å². The predicted molar refractivity (Wildman–Crippen MR) is 120 cm³/mol. The van der Waals surface area contributed by atoms with Gasteiger partial charge in [0, 0.05) is 0 Å². The summed E-state index contributed by atoms with van der Waals surface area (Å²) in [4.78, 5) is 0. The van der Waals surface area contributed by atoms with Crippen LogP contribution in [0.3, 0.4) is 0 Å². The summed E-state index contributed by atoms with van der Waals surface area (Å²) in [5.41, 5.74) is 4.74. The Kier molecular flexibility index (Phi) is 3.14. The molecule has 0 fully saturated rings. The maximum absolute atomic E-state index is 2.40. The zero-order chi connectivity index (χ0) is 17.8. The average Bonchev–Trinajstić information content (AvgIpc) is 3.23. The maximum atomic E-state index is 2.40. The molecule has 0 N–H and O–H groups in total. The molecule has 0 nitrogen and oxygen atoms in total. The number of hydrogen-bond donors (Lipinski definition) is 0. The molecule has 1 aliphatic rings. The minimum Gasteiger partial charge on any atom is -0.0877 e. The van der Waals surface area contributed by atoms with E-state index in [1.54, 1.807) is 0 Å². The molecule has 0 amide bonds. The fraction of sp³-hybridized carbons (Fsp3) is 0. The van der Waals surface area contributed by atoms with E-state index in [-0.39, 0.29) is 0 Å². The second kappa shape index (κ2) is 5.67. The Morgan fingerprint density at radius 1 is 0.444 bits per heavy atom. The monoisotopic (exact) mass is 357 g/mol. The molecule has 1 aliphatic heterocycles. The molecule has 1 heteroatoms. The van der Waals surface area contributed by atoms with Gasteiger partial charge >= 0.3 is 0 Å². The highest BCUT2D eigenvalue weighted by Gasteiger charge is 2.13. The van der Waals surface area contributed by atoms with Gasteiger partial charge in [0.05, 0.1) is 0 Å². The predicted octanol–water partition coefficient (Wildman–Crippen LogP) is 6.21. The van der Waals surface area contributed by atoms with Gasteiger partial charge in [0.15, 0.2) is 0 Å². The van der Waals surface area contributed by atoms with E-state index in [2.05, 4.69) is 102 Å². The highest BCUT2D eigenvalue weighted by Crippen LogP contribution is 2.30. The lowest BCUT2D eigenvalue weighted by Crippen LogP contribution is -2.25. The van der Waals surface area contributed by atoms with Crippen LogP contribution in [0.25, 0.3) is 43.1 Å². The fourth-order valence-electron chi connectivity index (χ4n) is 4.28. The molecule has 0 aromatic heterocycles. The number of rotatable bonds is 1. The van der Waals surface area contributed by atoms with Crippen molar-refractivity contribution < 1.29 is 0 Å². The molecule has 125 valence electrons. The molecule has 27 heavy (non-hydrogen) atoms. The summed E-state index contributed by atoms with van der Waals surface area (Å²) in [6.45, 7) is 0. The maximum Gasteiger partial charge on any atom is 0.140 e. The molecule has 0 saturated heterocycles. The molecule has 1 heterocycles. The van der Waals surface area contributed by atoms with Crippen LogP contribution >= 0.6 is 0 Å². The quantitative estimate of drug-likeness (QED) is 0.247. The van der Waals surface area contributed by atoms with E-state index in [1.807, 2.05) is 0 Å². The van der Waals surface area contributed by atoms with Gasteiger partial charge in [0.1, 0.15) is 8.80 Å². The minimum absolute atomic E-state index is 0.714. The molecule has 6 rings (SSSR count). The Balaban J connectivity index is 1.67. The number of benzene rings is 5. The summed E-state index contributed by atoms with van der Waals surface area (Å²) in [5, 5.41) is 12.1. The average molecular weight is 358 g/mol. The fourth-order valence-corrected chi connectivity index (χ4v) is 6.20. The number of hydrogen-bond acceptors (Lipinski definition) is 0. The van der Waals surface area contributed by atoms with Crippen LogP contribution in [-0.2, 0) is 0 Å². The van der Waals surface area contributed by atoms with Crippen molar-refractivity contribution in [3.05, 3.63) is 102 Å². The molecule has 0 saturated carbocycles. The molecule has 0 bridgehead atoms. The van der Waals surface area contributed by atoms with E-state index in [0.29, 0.717) is 0 Å². The van der Waals surface area contributed by atoms with Crippen LogP contribution in [0, 0.1) is 0 Å². The van der Waals surface area contributed by atoms with Crippen LogP contribution in [-0.4, -0.2) is 8.80 Å². The molecular weight excluding hydrogens is 340 g/mol. The van der Waals surface area contributed by atoms with E-state index in [9.17, 15) is 0 Å². The largest absolute Gasteiger partial charge is 0.140 e. The smallest absolute Gasteiger partial charge is 0.0877 e. The van der Waals surface area contributed by atoms with Gasteiger partial charge < -0.3 is 0 Å². The Hall–Kier alpha value is -3.16. The molecular formula is C26H17Si. The van der Waals surface area contributed by atoms with Gasteiger partial charge in [-0.1, -0.05) is 66.0 Å². The molecule has 5 aromatic carbocycles. The van der Waals surface area contributed by atoms with Crippen LogP contribution in [0.2, 0.25) is 0 Å². The van der Waals surface area contributed by atoms with Crippen LogP contribution in [0.5, 0.6) is 0 Å². The lowest BCUT2D eigenvalue weighted by molar-refractivity contribution is 1.79. The van der Waals surface area contributed by atoms with Crippen molar-refractivity contribution in [1.82, 2.24) is 0 Å². The van der Waals surface area contributed by atoms with E-state index in [0.717, 1.165) is 0 Å². The highest BCUT2D eigenvalue weighted by atomic mass is 28.3. The third kappa shape index (κ3) is 2.36. The Morgan fingerprint density at radius 2 is 0.963 bits per heavy atom. The van der Waals surface area contributed by atoms with Crippen molar-refractivity contribution in [3.8, 4) is 0 Å². The number of fused-ring (bicyclic) bond motifs is 4. The summed E-state index contributed by atoms with van der Waals surface area (Å²) in [7, 11) is -0.714. The Morgan fingerprint density at radius 3 is 1.63 bits per heavy atom. The van der Waals surface area contributed by atoms with Gasteiger partial charge in [0.2, 0.25) is 0 Å². The lowest BCUT2D eigenvalue weighted by atomic mass is 9.97. The third-order valence-electron chi connectivity index (χ3n) is 5.63. The summed E-state index contributed by atoms with van der Waals surface area (Å²) >= 11 is 0. The summed E-state index contributed by atoms with van der Waals surface area (Å²) in [5.74, 6) is 0. The Bertz CT molecular complexity index is 1410. The van der Waals surface area contributed by atoms with Crippen LogP contribution in [0.4, 0.5) is 0 Å². The van der Waals surface area contributed by atoms with Crippen molar-refractivity contribution >= 4 is 57.1 Å². The van der Waals surface area contributed by atoms with Crippen molar-refractivity contribution in [2.45, 2.75) is 0 Å². The first-order valence-corrected chi connectivity index (χ1v) is 11.0. The SMILES string of the molecule is C1=C[Si](c2cccc3cc4cc5cc6ccccc6cc5cc4cc23)C=C1. The summed E-state index contributed by atoms with van der Waals surface area (Å²) in [6, 6.07) is 29.4. The molecule has 0 spiro atoms. The van der Waals surface area contributed by atoms with Gasteiger partial charge in [-0.15, -0.1) is 0 Å². The van der Waals surface area contributed by atoms with Crippen molar-refractivity contribution in [2.24, 2.45) is 0 Å². The van der Waals surface area contributed by atoms with Gasteiger partial charge in [-0.2, -0.15) is 0 Å². The second-order valence-electron chi connectivity index (χ2n) is 7.30. The van der Waals surface area contributed by atoms with Gasteiger partial charge in [-0.25, -0.2) is 0 Å². The first kappa shape index (κ1) is 14.9. The van der Waals surface area contributed by atoms with Crippen LogP contribution in [0.1, 0.15) is 0 Å². The third-order valence-corrected chi connectivity index (χ3v) is 7.79.